The van der Waals surface area contributed by atoms with Crippen LogP contribution in [0.3, 0.4) is 0 Å². The number of ether oxygens (including phenoxy) is 3. The molecule has 2 aliphatic heterocycles. The number of aliphatic hydroxyl groups is 1. The molecule has 0 radical (unpaired) electrons. The summed E-state index contributed by atoms with van der Waals surface area (Å²) >= 11 is 0. The van der Waals surface area contributed by atoms with Gasteiger partial charge in [-0.25, -0.2) is 8.42 Å². The lowest BCUT2D eigenvalue weighted by molar-refractivity contribution is -0.930. The van der Waals surface area contributed by atoms with Gasteiger partial charge < -0.3 is 29.1 Å². The maximum atomic E-state index is 13.0. The number of hydrogen-bond donors (Lipinski definition) is 3. The van der Waals surface area contributed by atoms with Gasteiger partial charge in [-0.15, -0.1) is 0 Å². The number of methoxy groups -OCH3 is 2. The molecule has 2 heterocycles. The Morgan fingerprint density at radius 3 is 2.21 bits per heavy atom. The molecule has 0 aliphatic carbocycles. The normalized spacial score (nSPS) is 21.1. The molecule has 10 heteroatoms. The summed E-state index contributed by atoms with van der Waals surface area (Å²) in [6.45, 7) is 6.97. The van der Waals surface area contributed by atoms with Gasteiger partial charge in [-0.1, -0.05) is 0 Å². The highest BCUT2D eigenvalue weighted by atomic mass is 32.2. The summed E-state index contributed by atoms with van der Waals surface area (Å²) in [5, 5.41) is 10.4. The molecule has 0 spiro atoms. The molecule has 2 saturated heterocycles. The van der Waals surface area contributed by atoms with Crippen LogP contribution >= 0.6 is 0 Å². The van der Waals surface area contributed by atoms with Crippen LogP contribution in [0.5, 0.6) is 11.5 Å². The first-order chi connectivity index (χ1) is 13.9. The Bertz CT molecular complexity index is 761. The first-order valence-electron chi connectivity index (χ1n) is 10.1. The second-order valence-corrected chi connectivity index (χ2v) is 9.53. The van der Waals surface area contributed by atoms with Crippen molar-refractivity contribution in [3.05, 3.63) is 18.2 Å². The van der Waals surface area contributed by atoms with Gasteiger partial charge in [0.25, 0.3) is 0 Å². The van der Waals surface area contributed by atoms with Crippen LogP contribution in [-0.4, -0.2) is 104 Å². The van der Waals surface area contributed by atoms with Crippen molar-refractivity contribution in [1.29, 1.82) is 0 Å². The van der Waals surface area contributed by atoms with E-state index in [1.54, 1.807) is 12.1 Å². The largest absolute Gasteiger partial charge is 0.493 e. The average molecular weight is 432 g/mol. The highest BCUT2D eigenvalue weighted by molar-refractivity contribution is 7.89. The molecule has 0 aromatic heterocycles. The zero-order valence-electron chi connectivity index (χ0n) is 17.2. The minimum atomic E-state index is -3.59. The van der Waals surface area contributed by atoms with Gasteiger partial charge >= 0.3 is 0 Å². The first kappa shape index (κ1) is 22.3. The molecule has 164 valence electrons. The highest BCUT2D eigenvalue weighted by Gasteiger charge is 2.32. The Labute approximate surface area is 172 Å². The Hall–Kier alpha value is -1.43. The number of rotatable bonds is 8. The third kappa shape index (κ3) is 5.59. The van der Waals surface area contributed by atoms with Crippen LogP contribution in [0, 0.1) is 0 Å². The number of nitrogens with one attached hydrogen (secondary N) is 2. The van der Waals surface area contributed by atoms with Crippen molar-refractivity contribution in [3.63, 3.8) is 0 Å². The van der Waals surface area contributed by atoms with Gasteiger partial charge in [-0.2, -0.15) is 4.31 Å². The third-order valence-electron chi connectivity index (χ3n) is 5.67. The lowest BCUT2D eigenvalue weighted by Gasteiger charge is -2.33. The molecule has 1 aromatic rings. The molecule has 0 unspecified atom stereocenters. The number of sulfonamides is 1. The molecule has 0 saturated carbocycles. The summed E-state index contributed by atoms with van der Waals surface area (Å²) in [5.41, 5.74) is 0. The lowest BCUT2D eigenvalue weighted by Crippen LogP contribution is -3.19. The maximum absolute atomic E-state index is 13.0. The van der Waals surface area contributed by atoms with E-state index < -0.39 is 10.0 Å². The summed E-state index contributed by atoms with van der Waals surface area (Å²) in [5.74, 6) is 0.892. The van der Waals surface area contributed by atoms with Gasteiger partial charge in [0.15, 0.2) is 17.6 Å². The number of hydrogen-bond acceptors (Lipinski definition) is 6. The smallest absolute Gasteiger partial charge is 0.243 e. The zero-order chi connectivity index (χ0) is 20.9. The van der Waals surface area contributed by atoms with Crippen LogP contribution in [0.25, 0.3) is 0 Å². The van der Waals surface area contributed by atoms with Crippen LogP contribution in [0.1, 0.15) is 0 Å². The predicted molar refractivity (Wildman–Crippen MR) is 106 cm³/mol. The van der Waals surface area contributed by atoms with E-state index in [4.69, 9.17) is 14.2 Å². The van der Waals surface area contributed by atoms with Crippen molar-refractivity contribution in [3.8, 4) is 11.5 Å². The van der Waals surface area contributed by atoms with Crippen molar-refractivity contribution in [2.75, 3.05) is 79.8 Å². The van der Waals surface area contributed by atoms with Crippen LogP contribution in [-0.2, 0) is 14.8 Å². The van der Waals surface area contributed by atoms with Crippen LogP contribution in [0.2, 0.25) is 0 Å². The first-order valence-corrected chi connectivity index (χ1v) is 11.5. The number of morpholine rings is 1. The van der Waals surface area contributed by atoms with Gasteiger partial charge in [0.1, 0.15) is 26.2 Å². The summed E-state index contributed by atoms with van der Waals surface area (Å²) in [7, 11) is -0.587. The quantitative estimate of drug-likeness (QED) is 0.403. The Morgan fingerprint density at radius 2 is 1.62 bits per heavy atom. The molecule has 3 rings (SSSR count). The summed E-state index contributed by atoms with van der Waals surface area (Å²) in [4.78, 5) is 2.82. The fourth-order valence-corrected chi connectivity index (χ4v) is 5.43. The minimum absolute atomic E-state index is 0.203. The standard InChI is InChI=1S/C19H31N3O6S/c1-26-18-4-3-17(13-19(18)27-2)29(24,25)22-7-5-20(6-8-22)14-16(23)15-21-9-11-28-12-10-21/h3-4,13,16,23H,5-12,14-15H2,1-2H3/p+2/t16-/m0/s1. The van der Waals surface area contributed by atoms with E-state index in [0.29, 0.717) is 44.2 Å². The fourth-order valence-electron chi connectivity index (χ4n) is 3.98. The topological polar surface area (TPSA) is 94.2 Å². The second-order valence-electron chi connectivity index (χ2n) is 7.60. The predicted octanol–water partition coefficient (Wildman–Crippen LogP) is -3.13. The van der Waals surface area contributed by atoms with E-state index >= 15 is 0 Å². The van der Waals surface area contributed by atoms with Crippen molar-refractivity contribution in [2.24, 2.45) is 0 Å². The summed E-state index contributed by atoms with van der Waals surface area (Å²) < 4.78 is 43.3. The van der Waals surface area contributed by atoms with Gasteiger partial charge in [-0.3, -0.25) is 0 Å². The zero-order valence-corrected chi connectivity index (χ0v) is 18.0. The van der Waals surface area contributed by atoms with E-state index in [1.807, 2.05) is 0 Å². The molecule has 3 N–H and O–H groups in total. The third-order valence-corrected chi connectivity index (χ3v) is 7.57. The number of piperazine rings is 1. The van der Waals surface area contributed by atoms with Gasteiger partial charge in [-0.05, 0) is 12.1 Å². The Morgan fingerprint density at radius 1 is 1.03 bits per heavy atom. The van der Waals surface area contributed by atoms with Crippen LogP contribution in [0.15, 0.2) is 23.1 Å². The molecular weight excluding hydrogens is 398 g/mol. The molecule has 9 nitrogen and oxygen atoms in total. The van der Waals surface area contributed by atoms with Crippen LogP contribution in [0.4, 0.5) is 0 Å². The number of benzene rings is 1. The molecular formula is C19H33N3O6S+2. The molecule has 0 bridgehead atoms. The van der Waals surface area contributed by atoms with E-state index in [0.717, 1.165) is 32.8 Å². The van der Waals surface area contributed by atoms with E-state index in [-0.39, 0.29) is 11.0 Å². The number of aliphatic hydroxyl groups excluding tert-OH is 1. The number of nitrogens with zero attached hydrogens (tertiary/aromatic N) is 1. The maximum Gasteiger partial charge on any atom is 0.243 e. The highest BCUT2D eigenvalue weighted by Crippen LogP contribution is 2.30. The molecule has 0 amide bonds. The molecule has 1 aromatic carbocycles. The molecule has 2 fully saturated rings. The summed E-state index contributed by atoms with van der Waals surface area (Å²) in [6.07, 6.45) is -0.382. The molecule has 1 atom stereocenters. The van der Waals surface area contributed by atoms with Gasteiger partial charge in [0.05, 0.1) is 58.5 Å². The lowest BCUT2D eigenvalue weighted by atomic mass is 10.2. The number of quaternary nitrogens is 2. The van der Waals surface area contributed by atoms with Crippen molar-refractivity contribution in [2.45, 2.75) is 11.0 Å². The Balaban J connectivity index is 1.54. The Kier molecular flexibility index (Phi) is 7.72. The van der Waals surface area contributed by atoms with Gasteiger partial charge in [0.2, 0.25) is 10.0 Å². The summed E-state index contributed by atoms with van der Waals surface area (Å²) in [6, 6.07) is 4.66. The molecule has 2 aliphatic rings. The monoisotopic (exact) mass is 431 g/mol. The van der Waals surface area contributed by atoms with E-state index in [1.165, 1.54) is 34.4 Å². The van der Waals surface area contributed by atoms with Crippen LogP contribution < -0.4 is 19.3 Å². The fraction of sp³-hybridized carbons (Fsp3) is 0.684. The SMILES string of the molecule is COc1ccc(S(=O)(=O)N2CC[NH+](C[C@H](O)C[NH+]3CCOCC3)CC2)cc1OC. The van der Waals surface area contributed by atoms with E-state index in [2.05, 4.69) is 0 Å². The van der Waals surface area contributed by atoms with Crippen molar-refractivity contribution < 1.29 is 37.5 Å². The minimum Gasteiger partial charge on any atom is -0.493 e. The van der Waals surface area contributed by atoms with Crippen molar-refractivity contribution in [1.82, 2.24) is 4.31 Å². The van der Waals surface area contributed by atoms with Crippen molar-refractivity contribution >= 4 is 10.0 Å². The molecule has 29 heavy (non-hydrogen) atoms. The van der Waals surface area contributed by atoms with Gasteiger partial charge in [0, 0.05) is 6.07 Å². The van der Waals surface area contributed by atoms with E-state index in [9.17, 15) is 13.5 Å². The average Bonchev–Trinajstić information content (AvgIpc) is 2.74. The second kappa shape index (κ2) is 10.1.